The van der Waals surface area contributed by atoms with Crippen LogP contribution >= 0.6 is 0 Å². The Kier molecular flexibility index (Phi) is 6.72. The van der Waals surface area contributed by atoms with Crippen molar-refractivity contribution in [2.45, 2.75) is 32.6 Å². The lowest BCUT2D eigenvalue weighted by molar-refractivity contribution is 0.00630. The third-order valence-electron chi connectivity index (χ3n) is 2.47. The van der Waals surface area contributed by atoms with E-state index < -0.39 is 6.10 Å². The molecule has 0 aliphatic carbocycles. The Morgan fingerprint density at radius 2 is 2.11 bits per heavy atom. The average Bonchev–Trinajstić information content (AvgIpc) is 2.36. The molecule has 0 amide bonds. The molecular weight excluding hydrogens is 230 g/mol. The van der Waals surface area contributed by atoms with Gasteiger partial charge >= 0.3 is 0 Å². The normalized spacial score (nSPS) is 12.7. The van der Waals surface area contributed by atoms with Gasteiger partial charge in [0.15, 0.2) is 0 Å². The third-order valence-corrected chi connectivity index (χ3v) is 2.47. The number of nitrogens with one attached hydrogen (secondary N) is 1. The molecule has 1 rings (SSSR count). The molecule has 0 spiro atoms. The standard InChI is InChI=1S/C14H23NO3/c1-11(2)18-10-13(16)9-15-8-12-5-4-6-14(7-12)17-3/h4-7,11,13,15-16H,8-10H2,1-3H3. The number of aliphatic hydroxyl groups is 1. The Morgan fingerprint density at radius 1 is 1.33 bits per heavy atom. The predicted octanol–water partition coefficient (Wildman–Crippen LogP) is 1.57. The molecule has 0 fully saturated rings. The van der Waals surface area contributed by atoms with E-state index in [1.54, 1.807) is 7.11 Å². The number of hydrogen-bond donors (Lipinski definition) is 2. The molecule has 0 aliphatic rings. The van der Waals surface area contributed by atoms with Gasteiger partial charge in [-0.05, 0) is 31.5 Å². The highest BCUT2D eigenvalue weighted by Crippen LogP contribution is 2.11. The minimum absolute atomic E-state index is 0.151. The van der Waals surface area contributed by atoms with Crippen molar-refractivity contribution in [3.8, 4) is 5.75 Å². The summed E-state index contributed by atoms with van der Waals surface area (Å²) >= 11 is 0. The summed E-state index contributed by atoms with van der Waals surface area (Å²) < 4.78 is 10.5. The lowest BCUT2D eigenvalue weighted by Gasteiger charge is -2.14. The van der Waals surface area contributed by atoms with Crippen molar-refractivity contribution in [1.82, 2.24) is 5.32 Å². The Balaban J connectivity index is 2.24. The molecular formula is C14H23NO3. The predicted molar refractivity (Wildman–Crippen MR) is 71.8 cm³/mol. The van der Waals surface area contributed by atoms with E-state index in [1.807, 2.05) is 38.1 Å². The Hall–Kier alpha value is -1.10. The van der Waals surface area contributed by atoms with Gasteiger partial charge in [-0.15, -0.1) is 0 Å². The highest BCUT2D eigenvalue weighted by molar-refractivity contribution is 5.28. The second kappa shape index (κ2) is 8.08. The van der Waals surface area contributed by atoms with E-state index >= 15 is 0 Å². The van der Waals surface area contributed by atoms with Gasteiger partial charge in [0, 0.05) is 13.1 Å². The minimum atomic E-state index is -0.474. The van der Waals surface area contributed by atoms with Gasteiger partial charge in [0.05, 0.1) is 25.9 Å². The van der Waals surface area contributed by atoms with Gasteiger partial charge in [-0.2, -0.15) is 0 Å². The number of rotatable bonds is 8. The first-order valence-corrected chi connectivity index (χ1v) is 6.25. The van der Waals surface area contributed by atoms with E-state index in [9.17, 15) is 5.11 Å². The molecule has 0 saturated carbocycles. The molecule has 18 heavy (non-hydrogen) atoms. The lowest BCUT2D eigenvalue weighted by atomic mass is 10.2. The SMILES string of the molecule is COc1cccc(CNCC(O)COC(C)C)c1. The number of aliphatic hydroxyl groups excluding tert-OH is 1. The average molecular weight is 253 g/mol. The van der Waals surface area contributed by atoms with Crippen LogP contribution in [0.25, 0.3) is 0 Å². The van der Waals surface area contributed by atoms with Crippen molar-refractivity contribution in [3.63, 3.8) is 0 Å². The zero-order valence-corrected chi connectivity index (χ0v) is 11.3. The van der Waals surface area contributed by atoms with Crippen molar-refractivity contribution >= 4 is 0 Å². The van der Waals surface area contributed by atoms with Gasteiger partial charge in [-0.1, -0.05) is 12.1 Å². The van der Waals surface area contributed by atoms with Crippen LogP contribution in [0.3, 0.4) is 0 Å². The summed E-state index contributed by atoms with van der Waals surface area (Å²) in [4.78, 5) is 0. The molecule has 4 nitrogen and oxygen atoms in total. The minimum Gasteiger partial charge on any atom is -0.497 e. The van der Waals surface area contributed by atoms with Crippen LogP contribution < -0.4 is 10.1 Å². The zero-order valence-electron chi connectivity index (χ0n) is 11.3. The summed E-state index contributed by atoms with van der Waals surface area (Å²) in [6, 6.07) is 7.86. The highest BCUT2D eigenvalue weighted by Gasteiger charge is 2.05. The summed E-state index contributed by atoms with van der Waals surface area (Å²) in [6.45, 7) is 5.50. The molecule has 1 atom stereocenters. The Morgan fingerprint density at radius 3 is 2.78 bits per heavy atom. The molecule has 4 heteroatoms. The van der Waals surface area contributed by atoms with Crippen molar-refractivity contribution in [1.29, 1.82) is 0 Å². The molecule has 0 saturated heterocycles. The first kappa shape index (κ1) is 15.0. The molecule has 0 aromatic heterocycles. The molecule has 1 aromatic rings. The lowest BCUT2D eigenvalue weighted by Crippen LogP contribution is -2.31. The highest BCUT2D eigenvalue weighted by atomic mass is 16.5. The monoisotopic (exact) mass is 253 g/mol. The van der Waals surface area contributed by atoms with Gasteiger partial charge in [-0.3, -0.25) is 0 Å². The fraction of sp³-hybridized carbons (Fsp3) is 0.571. The van der Waals surface area contributed by atoms with Gasteiger partial charge in [0.1, 0.15) is 5.75 Å². The zero-order chi connectivity index (χ0) is 13.4. The Bertz CT molecular complexity index is 342. The largest absolute Gasteiger partial charge is 0.497 e. The first-order valence-electron chi connectivity index (χ1n) is 6.25. The maximum atomic E-state index is 9.66. The smallest absolute Gasteiger partial charge is 0.119 e. The second-order valence-electron chi connectivity index (χ2n) is 4.52. The quantitative estimate of drug-likeness (QED) is 0.738. The summed E-state index contributed by atoms with van der Waals surface area (Å²) in [6.07, 6.45) is -0.323. The maximum Gasteiger partial charge on any atom is 0.119 e. The van der Waals surface area contributed by atoms with Crippen LogP contribution in [0.15, 0.2) is 24.3 Å². The van der Waals surface area contributed by atoms with E-state index in [1.165, 1.54) is 0 Å². The van der Waals surface area contributed by atoms with Crippen LogP contribution in [-0.4, -0.2) is 37.6 Å². The van der Waals surface area contributed by atoms with Crippen LogP contribution in [0.2, 0.25) is 0 Å². The summed E-state index contributed by atoms with van der Waals surface area (Å²) in [7, 11) is 1.65. The van der Waals surface area contributed by atoms with E-state index in [0.29, 0.717) is 19.7 Å². The number of hydrogen-bond acceptors (Lipinski definition) is 4. The number of methoxy groups -OCH3 is 1. The molecule has 1 unspecified atom stereocenters. The van der Waals surface area contributed by atoms with E-state index in [4.69, 9.17) is 9.47 Å². The van der Waals surface area contributed by atoms with Gasteiger partial charge in [0.25, 0.3) is 0 Å². The van der Waals surface area contributed by atoms with Crippen molar-refractivity contribution in [2.75, 3.05) is 20.3 Å². The maximum absolute atomic E-state index is 9.66. The fourth-order valence-electron chi connectivity index (χ4n) is 1.53. The van der Waals surface area contributed by atoms with Crippen LogP contribution in [-0.2, 0) is 11.3 Å². The number of benzene rings is 1. The molecule has 1 aromatic carbocycles. The number of ether oxygens (including phenoxy) is 2. The summed E-state index contributed by atoms with van der Waals surface area (Å²) in [5, 5.41) is 12.9. The molecule has 102 valence electrons. The van der Waals surface area contributed by atoms with Gasteiger partial charge in [0.2, 0.25) is 0 Å². The van der Waals surface area contributed by atoms with Crippen LogP contribution in [0.4, 0.5) is 0 Å². The van der Waals surface area contributed by atoms with Gasteiger partial charge in [-0.25, -0.2) is 0 Å². The van der Waals surface area contributed by atoms with E-state index in [2.05, 4.69) is 5.32 Å². The van der Waals surface area contributed by atoms with Crippen molar-refractivity contribution in [2.24, 2.45) is 0 Å². The summed E-state index contributed by atoms with van der Waals surface area (Å²) in [5.74, 6) is 0.845. The van der Waals surface area contributed by atoms with Crippen LogP contribution in [0.1, 0.15) is 19.4 Å². The van der Waals surface area contributed by atoms with Crippen molar-refractivity contribution < 1.29 is 14.6 Å². The third kappa shape index (κ3) is 6.00. The molecule has 0 bridgehead atoms. The molecule has 0 radical (unpaired) electrons. The van der Waals surface area contributed by atoms with Gasteiger partial charge < -0.3 is 19.9 Å². The molecule has 0 heterocycles. The van der Waals surface area contributed by atoms with Crippen LogP contribution in [0, 0.1) is 0 Å². The van der Waals surface area contributed by atoms with E-state index in [0.717, 1.165) is 11.3 Å². The second-order valence-corrected chi connectivity index (χ2v) is 4.52. The topological polar surface area (TPSA) is 50.7 Å². The van der Waals surface area contributed by atoms with Crippen molar-refractivity contribution in [3.05, 3.63) is 29.8 Å². The first-order chi connectivity index (χ1) is 8.61. The van der Waals surface area contributed by atoms with E-state index in [-0.39, 0.29) is 6.10 Å². The van der Waals surface area contributed by atoms with Crippen LogP contribution in [0.5, 0.6) is 5.75 Å². The molecule has 0 aliphatic heterocycles. The molecule has 2 N–H and O–H groups in total. The fourth-order valence-corrected chi connectivity index (χ4v) is 1.53. The Labute approximate surface area is 109 Å². The summed E-state index contributed by atoms with van der Waals surface area (Å²) in [5.41, 5.74) is 1.13.